The molecule has 6 nitrogen and oxygen atoms in total. The minimum Gasteiger partial charge on any atom is -0.255 e. The van der Waals surface area contributed by atoms with Crippen LogP contribution in [0.15, 0.2) is 63.1 Å². The number of benzene rings is 1. The normalized spacial score (nSPS) is 15.8. The van der Waals surface area contributed by atoms with Crippen molar-refractivity contribution >= 4 is 22.1 Å². The average molecular weight is 300 g/mol. The fourth-order valence-electron chi connectivity index (χ4n) is 1.97. The lowest BCUT2D eigenvalue weighted by molar-refractivity contribution is 0.549. The molecule has 0 saturated carbocycles. The Bertz CT molecular complexity index is 829. The molecule has 1 aromatic carbocycles. The predicted molar refractivity (Wildman–Crippen MR) is 79.8 cm³/mol. The highest BCUT2D eigenvalue weighted by molar-refractivity contribution is 7.90. The number of nitrogens with zero attached hydrogens (tertiary/aromatic N) is 4. The van der Waals surface area contributed by atoms with Gasteiger partial charge in [0.05, 0.1) is 11.9 Å². The maximum Gasteiger partial charge on any atom is 0.285 e. The SMILES string of the molecule is CN(/N=C/c1ccccn1)C1=NS(=O)(=O)c2ccccc21. The zero-order valence-corrected chi connectivity index (χ0v) is 12.0. The van der Waals surface area contributed by atoms with E-state index in [9.17, 15) is 8.42 Å². The summed E-state index contributed by atoms with van der Waals surface area (Å²) in [5.41, 5.74) is 1.23. The molecule has 7 heteroatoms. The zero-order chi connectivity index (χ0) is 14.9. The minimum absolute atomic E-state index is 0.208. The van der Waals surface area contributed by atoms with Crippen LogP contribution in [0.4, 0.5) is 0 Å². The summed E-state index contributed by atoms with van der Waals surface area (Å²) in [6.07, 6.45) is 3.21. The Morgan fingerprint density at radius 1 is 1.14 bits per heavy atom. The molecular weight excluding hydrogens is 288 g/mol. The zero-order valence-electron chi connectivity index (χ0n) is 11.2. The number of pyridine rings is 1. The van der Waals surface area contributed by atoms with Gasteiger partial charge in [0.1, 0.15) is 4.90 Å². The number of fused-ring (bicyclic) bond motifs is 1. The Morgan fingerprint density at radius 2 is 1.90 bits per heavy atom. The minimum atomic E-state index is -3.63. The van der Waals surface area contributed by atoms with E-state index >= 15 is 0 Å². The van der Waals surface area contributed by atoms with E-state index in [0.717, 1.165) is 0 Å². The summed E-state index contributed by atoms with van der Waals surface area (Å²) in [6, 6.07) is 12.2. The van der Waals surface area contributed by atoms with Gasteiger partial charge in [-0.05, 0) is 24.3 Å². The van der Waals surface area contributed by atoms with E-state index in [1.807, 2.05) is 12.1 Å². The molecule has 106 valence electrons. The Kier molecular flexibility index (Phi) is 3.26. The molecule has 0 unspecified atom stereocenters. The third-order valence-corrected chi connectivity index (χ3v) is 4.30. The van der Waals surface area contributed by atoms with Crippen molar-refractivity contribution in [2.45, 2.75) is 4.90 Å². The predicted octanol–water partition coefficient (Wildman–Crippen LogP) is 1.50. The van der Waals surface area contributed by atoms with E-state index in [0.29, 0.717) is 17.1 Å². The maximum absolute atomic E-state index is 12.0. The molecule has 0 atom stereocenters. The van der Waals surface area contributed by atoms with Crippen LogP contribution in [0.2, 0.25) is 0 Å². The first-order valence-corrected chi connectivity index (χ1v) is 7.65. The molecule has 0 N–H and O–H groups in total. The van der Waals surface area contributed by atoms with E-state index in [-0.39, 0.29) is 4.90 Å². The van der Waals surface area contributed by atoms with Crippen LogP contribution >= 0.6 is 0 Å². The van der Waals surface area contributed by atoms with Gasteiger partial charge >= 0.3 is 0 Å². The summed E-state index contributed by atoms with van der Waals surface area (Å²) in [7, 11) is -1.98. The van der Waals surface area contributed by atoms with Gasteiger partial charge in [-0.1, -0.05) is 18.2 Å². The monoisotopic (exact) mass is 300 g/mol. The molecule has 0 bridgehead atoms. The van der Waals surface area contributed by atoms with Gasteiger partial charge in [0, 0.05) is 18.8 Å². The second-order valence-corrected chi connectivity index (χ2v) is 5.98. The van der Waals surface area contributed by atoms with Crippen molar-refractivity contribution in [3.63, 3.8) is 0 Å². The molecule has 1 aliphatic heterocycles. The standard InChI is InChI=1S/C14H12N4O2S/c1-18(16-10-11-6-4-5-9-15-11)14-12-7-2-3-8-13(12)21(19,20)17-14/h2-10H,1H3/b16-10+. The van der Waals surface area contributed by atoms with E-state index in [4.69, 9.17) is 0 Å². The van der Waals surface area contributed by atoms with Gasteiger partial charge < -0.3 is 0 Å². The van der Waals surface area contributed by atoms with Crippen molar-refractivity contribution in [1.82, 2.24) is 9.99 Å². The number of sulfonamides is 1. The van der Waals surface area contributed by atoms with E-state index in [1.165, 1.54) is 11.1 Å². The lowest BCUT2D eigenvalue weighted by atomic mass is 10.2. The van der Waals surface area contributed by atoms with Crippen molar-refractivity contribution in [2.75, 3.05) is 7.05 Å². The molecule has 0 radical (unpaired) electrons. The summed E-state index contributed by atoms with van der Waals surface area (Å²) in [5, 5.41) is 5.62. The Balaban J connectivity index is 1.93. The Labute approximate surface area is 122 Å². The number of hydrogen-bond donors (Lipinski definition) is 0. The fourth-order valence-corrected chi connectivity index (χ4v) is 3.20. The number of rotatable bonds is 2. The van der Waals surface area contributed by atoms with Crippen molar-refractivity contribution in [3.05, 3.63) is 59.9 Å². The van der Waals surface area contributed by atoms with Crippen LogP contribution in [0.3, 0.4) is 0 Å². The molecule has 2 aromatic rings. The van der Waals surface area contributed by atoms with Crippen LogP contribution in [0, 0.1) is 0 Å². The highest BCUT2D eigenvalue weighted by Gasteiger charge is 2.30. The third-order valence-electron chi connectivity index (χ3n) is 2.97. The number of hydrazone groups is 1. The van der Waals surface area contributed by atoms with Crippen LogP contribution < -0.4 is 0 Å². The molecule has 21 heavy (non-hydrogen) atoms. The average Bonchev–Trinajstić information content (AvgIpc) is 2.78. The van der Waals surface area contributed by atoms with Gasteiger partial charge in [-0.2, -0.15) is 13.5 Å². The van der Waals surface area contributed by atoms with E-state index in [1.54, 1.807) is 43.7 Å². The number of hydrogen-bond acceptors (Lipinski definition) is 5. The second-order valence-electron chi connectivity index (χ2n) is 4.41. The summed E-state index contributed by atoms with van der Waals surface area (Å²) < 4.78 is 27.7. The Morgan fingerprint density at radius 3 is 2.67 bits per heavy atom. The Hall–Kier alpha value is -2.54. The van der Waals surface area contributed by atoms with Gasteiger partial charge in [0.25, 0.3) is 10.0 Å². The largest absolute Gasteiger partial charge is 0.285 e. The molecule has 0 spiro atoms. The summed E-state index contributed by atoms with van der Waals surface area (Å²) >= 11 is 0. The molecule has 0 saturated heterocycles. The van der Waals surface area contributed by atoms with Gasteiger partial charge in [0.15, 0.2) is 5.84 Å². The highest BCUT2D eigenvalue weighted by atomic mass is 32.2. The van der Waals surface area contributed by atoms with Crippen LogP contribution in [0.5, 0.6) is 0 Å². The molecule has 1 aromatic heterocycles. The van der Waals surface area contributed by atoms with Crippen LogP contribution in [-0.2, 0) is 10.0 Å². The topological polar surface area (TPSA) is 75.0 Å². The second kappa shape index (κ2) is 5.10. The van der Waals surface area contributed by atoms with Crippen molar-refractivity contribution < 1.29 is 8.42 Å². The molecule has 0 fully saturated rings. The molecule has 1 aliphatic rings. The van der Waals surface area contributed by atoms with Crippen molar-refractivity contribution in [2.24, 2.45) is 9.50 Å². The van der Waals surface area contributed by atoms with Gasteiger partial charge in [-0.15, -0.1) is 4.40 Å². The van der Waals surface area contributed by atoms with Crippen molar-refractivity contribution in [3.8, 4) is 0 Å². The summed E-state index contributed by atoms with van der Waals surface area (Å²) in [5.74, 6) is 0.304. The quantitative estimate of drug-likeness (QED) is 0.622. The van der Waals surface area contributed by atoms with Crippen LogP contribution in [0.25, 0.3) is 0 Å². The smallest absolute Gasteiger partial charge is 0.255 e. The fraction of sp³-hybridized carbons (Fsp3) is 0.0714. The first kappa shape index (κ1) is 13.4. The van der Waals surface area contributed by atoms with Crippen molar-refractivity contribution in [1.29, 1.82) is 0 Å². The van der Waals surface area contributed by atoms with E-state index < -0.39 is 10.0 Å². The summed E-state index contributed by atoms with van der Waals surface area (Å²) in [6.45, 7) is 0. The number of aromatic nitrogens is 1. The third kappa shape index (κ3) is 2.55. The van der Waals surface area contributed by atoms with Gasteiger partial charge in [0.2, 0.25) is 0 Å². The van der Waals surface area contributed by atoms with Crippen LogP contribution in [0.1, 0.15) is 11.3 Å². The summed E-state index contributed by atoms with van der Waals surface area (Å²) in [4.78, 5) is 4.32. The molecule has 0 aliphatic carbocycles. The lowest BCUT2D eigenvalue weighted by Crippen LogP contribution is -2.21. The molecule has 3 rings (SSSR count). The molecular formula is C14H12N4O2S. The van der Waals surface area contributed by atoms with Gasteiger partial charge in [-0.3, -0.25) is 4.98 Å². The molecule has 0 amide bonds. The highest BCUT2D eigenvalue weighted by Crippen LogP contribution is 2.26. The lowest BCUT2D eigenvalue weighted by Gasteiger charge is -2.11. The van der Waals surface area contributed by atoms with E-state index in [2.05, 4.69) is 14.5 Å². The number of amidine groups is 1. The first-order chi connectivity index (χ1) is 10.1. The van der Waals surface area contributed by atoms with Gasteiger partial charge in [-0.25, -0.2) is 5.01 Å². The first-order valence-electron chi connectivity index (χ1n) is 6.21. The molecule has 2 heterocycles. The maximum atomic E-state index is 12.0. The van der Waals surface area contributed by atoms with Crippen LogP contribution in [-0.4, -0.2) is 37.5 Å².